The second-order valence-corrected chi connectivity index (χ2v) is 10.4. The van der Waals surface area contributed by atoms with E-state index in [9.17, 15) is 14.3 Å². The molecule has 3 fully saturated rings. The van der Waals surface area contributed by atoms with Gasteiger partial charge in [0.1, 0.15) is 5.82 Å². The Balaban J connectivity index is 1.47. The maximum Gasteiger partial charge on any atom is 0.165 e. The van der Waals surface area contributed by atoms with Gasteiger partial charge in [-0.15, -0.1) is 0 Å². The first-order valence-electron chi connectivity index (χ1n) is 11.2. The second kappa shape index (κ2) is 6.63. The van der Waals surface area contributed by atoms with Crippen molar-refractivity contribution in [2.24, 2.45) is 28.6 Å². The number of benzene rings is 1. The lowest BCUT2D eigenvalue weighted by Crippen LogP contribution is -2.50. The molecule has 154 valence electrons. The number of aliphatic hydroxyl groups excluding tert-OH is 1. The SMILES string of the molecule is C[C@]12CC[C@@H](O)CC1=CC[C@@H]1[C@@H]2CC[C@]2(C)C(=O)/C(=C/c3ccc(F)cc3)C[C@@H]12. The van der Waals surface area contributed by atoms with E-state index < -0.39 is 0 Å². The van der Waals surface area contributed by atoms with Crippen molar-refractivity contribution in [2.75, 3.05) is 0 Å². The van der Waals surface area contributed by atoms with Gasteiger partial charge in [0.15, 0.2) is 5.78 Å². The largest absolute Gasteiger partial charge is 0.393 e. The van der Waals surface area contributed by atoms with Crippen LogP contribution in [0.15, 0.2) is 41.5 Å². The number of fused-ring (bicyclic) bond motifs is 5. The number of halogens is 1. The van der Waals surface area contributed by atoms with E-state index in [1.54, 1.807) is 12.1 Å². The van der Waals surface area contributed by atoms with Crippen molar-refractivity contribution < 1.29 is 14.3 Å². The van der Waals surface area contributed by atoms with Crippen LogP contribution in [-0.2, 0) is 4.79 Å². The summed E-state index contributed by atoms with van der Waals surface area (Å²) in [7, 11) is 0. The smallest absolute Gasteiger partial charge is 0.165 e. The molecular weight excluding hydrogens is 363 g/mol. The zero-order valence-electron chi connectivity index (χ0n) is 17.5. The summed E-state index contributed by atoms with van der Waals surface area (Å²) in [6, 6.07) is 6.43. The van der Waals surface area contributed by atoms with Crippen LogP contribution in [0.25, 0.3) is 6.08 Å². The van der Waals surface area contributed by atoms with Crippen molar-refractivity contribution in [2.45, 2.75) is 64.9 Å². The molecule has 29 heavy (non-hydrogen) atoms. The lowest BCUT2D eigenvalue weighted by atomic mass is 9.48. The summed E-state index contributed by atoms with van der Waals surface area (Å²) in [4.78, 5) is 13.4. The standard InChI is InChI=1S/C26H31FO2/c1-25-11-9-20(28)15-18(25)5-8-21-22(25)10-12-26(2)23(21)14-17(24(26)29)13-16-3-6-19(27)7-4-16/h3-7,13,20-23,28H,8-12,14-15H2,1-2H3/b17-13+/t20-,21-,22+,23+,25+,26+/m1/s1. The molecule has 0 aliphatic heterocycles. The number of hydrogen-bond donors (Lipinski definition) is 1. The summed E-state index contributed by atoms with van der Waals surface area (Å²) in [5, 5.41) is 10.2. The van der Waals surface area contributed by atoms with E-state index in [0.717, 1.165) is 56.1 Å². The Bertz CT molecular complexity index is 898. The van der Waals surface area contributed by atoms with Crippen LogP contribution in [0.3, 0.4) is 0 Å². The zero-order valence-corrected chi connectivity index (χ0v) is 17.5. The van der Waals surface area contributed by atoms with Crippen LogP contribution in [0.2, 0.25) is 0 Å². The van der Waals surface area contributed by atoms with Gasteiger partial charge >= 0.3 is 0 Å². The third-order valence-corrected chi connectivity index (χ3v) is 8.93. The third-order valence-electron chi connectivity index (χ3n) is 8.93. The van der Waals surface area contributed by atoms with Gasteiger partial charge in [-0.1, -0.05) is 37.6 Å². The van der Waals surface area contributed by atoms with Gasteiger partial charge in [-0.3, -0.25) is 4.79 Å². The number of allylic oxidation sites excluding steroid dienone is 2. The molecule has 2 nitrogen and oxygen atoms in total. The first-order valence-corrected chi connectivity index (χ1v) is 11.2. The fourth-order valence-corrected chi connectivity index (χ4v) is 7.20. The molecule has 0 radical (unpaired) electrons. The Hall–Kier alpha value is -1.74. The topological polar surface area (TPSA) is 37.3 Å². The lowest BCUT2D eigenvalue weighted by Gasteiger charge is -2.56. The number of hydrogen-bond acceptors (Lipinski definition) is 2. The van der Waals surface area contributed by atoms with Gasteiger partial charge in [0, 0.05) is 5.41 Å². The highest BCUT2D eigenvalue weighted by molar-refractivity contribution is 6.05. The molecule has 1 N–H and O–H groups in total. The minimum Gasteiger partial charge on any atom is -0.393 e. The van der Waals surface area contributed by atoms with Gasteiger partial charge in [-0.25, -0.2) is 4.39 Å². The first-order chi connectivity index (χ1) is 13.8. The quantitative estimate of drug-likeness (QED) is 0.489. The van der Waals surface area contributed by atoms with Crippen molar-refractivity contribution in [3.05, 3.63) is 52.9 Å². The van der Waals surface area contributed by atoms with Gasteiger partial charge in [0.25, 0.3) is 0 Å². The number of ketones is 1. The molecule has 3 saturated carbocycles. The van der Waals surface area contributed by atoms with Crippen molar-refractivity contribution >= 4 is 11.9 Å². The molecule has 4 aliphatic rings. The van der Waals surface area contributed by atoms with E-state index in [1.807, 2.05) is 6.08 Å². The number of carbonyl (C=O) groups excluding carboxylic acids is 1. The Morgan fingerprint density at radius 1 is 1.03 bits per heavy atom. The molecular formula is C26H31FO2. The molecule has 0 aromatic heterocycles. The fourth-order valence-electron chi connectivity index (χ4n) is 7.20. The van der Waals surface area contributed by atoms with Crippen LogP contribution in [-0.4, -0.2) is 17.0 Å². The number of aliphatic hydroxyl groups is 1. The predicted octanol–water partition coefficient (Wildman–Crippen LogP) is 5.71. The summed E-state index contributed by atoms with van der Waals surface area (Å²) >= 11 is 0. The number of rotatable bonds is 1. The summed E-state index contributed by atoms with van der Waals surface area (Å²) < 4.78 is 13.3. The van der Waals surface area contributed by atoms with E-state index in [-0.39, 0.29) is 22.8 Å². The van der Waals surface area contributed by atoms with Crippen LogP contribution in [0, 0.1) is 34.4 Å². The van der Waals surface area contributed by atoms with Gasteiger partial charge in [-0.05, 0) is 97.5 Å². The Morgan fingerprint density at radius 3 is 2.52 bits per heavy atom. The summed E-state index contributed by atoms with van der Waals surface area (Å²) in [5.74, 6) is 1.61. The fraction of sp³-hybridized carbons (Fsp3) is 0.577. The van der Waals surface area contributed by atoms with E-state index in [4.69, 9.17) is 0 Å². The molecule has 0 amide bonds. The highest BCUT2D eigenvalue weighted by Gasteiger charge is 2.59. The molecule has 0 unspecified atom stereocenters. The Morgan fingerprint density at radius 2 is 1.76 bits per heavy atom. The second-order valence-electron chi connectivity index (χ2n) is 10.4. The summed E-state index contributed by atoms with van der Waals surface area (Å²) in [5.41, 5.74) is 3.22. The third kappa shape index (κ3) is 2.88. The van der Waals surface area contributed by atoms with Crippen LogP contribution in [0.4, 0.5) is 4.39 Å². The monoisotopic (exact) mass is 394 g/mol. The molecule has 0 saturated heterocycles. The van der Waals surface area contributed by atoms with Gasteiger partial charge in [-0.2, -0.15) is 0 Å². The van der Waals surface area contributed by atoms with E-state index in [0.29, 0.717) is 23.5 Å². The van der Waals surface area contributed by atoms with Gasteiger partial charge < -0.3 is 5.11 Å². The van der Waals surface area contributed by atoms with Crippen LogP contribution in [0.5, 0.6) is 0 Å². The normalized spacial score (nSPS) is 42.8. The number of carbonyl (C=O) groups is 1. The lowest BCUT2D eigenvalue weighted by molar-refractivity contribution is -0.130. The minimum atomic E-state index is -0.261. The van der Waals surface area contributed by atoms with Crippen LogP contribution < -0.4 is 0 Å². The Labute approximate surface area is 172 Å². The summed E-state index contributed by atoms with van der Waals surface area (Å²) in [6.07, 6.45) is 11.0. The van der Waals surface area contributed by atoms with Gasteiger partial charge in [0.2, 0.25) is 0 Å². The molecule has 4 aliphatic carbocycles. The molecule has 6 atom stereocenters. The molecule has 0 spiro atoms. The van der Waals surface area contributed by atoms with Crippen LogP contribution >= 0.6 is 0 Å². The Kier molecular flexibility index (Phi) is 4.40. The molecule has 1 aromatic carbocycles. The molecule has 0 bridgehead atoms. The number of Topliss-reactive ketones (excluding diaryl/α,β-unsaturated/α-hetero) is 1. The average Bonchev–Trinajstić information content (AvgIpc) is 2.95. The minimum absolute atomic E-state index is 0.182. The van der Waals surface area contributed by atoms with Crippen molar-refractivity contribution in [1.29, 1.82) is 0 Å². The summed E-state index contributed by atoms with van der Waals surface area (Å²) in [6.45, 7) is 4.60. The maximum absolute atomic E-state index is 13.4. The molecule has 1 aromatic rings. The van der Waals surface area contributed by atoms with E-state index in [1.165, 1.54) is 17.7 Å². The molecule has 3 heteroatoms. The highest BCUT2D eigenvalue weighted by Crippen LogP contribution is 2.64. The van der Waals surface area contributed by atoms with Crippen molar-refractivity contribution in [3.8, 4) is 0 Å². The highest BCUT2D eigenvalue weighted by atomic mass is 19.1. The molecule has 0 heterocycles. The zero-order chi connectivity index (χ0) is 20.4. The average molecular weight is 395 g/mol. The van der Waals surface area contributed by atoms with Crippen molar-refractivity contribution in [3.63, 3.8) is 0 Å². The molecule has 5 rings (SSSR count). The van der Waals surface area contributed by atoms with Crippen molar-refractivity contribution in [1.82, 2.24) is 0 Å². The van der Waals surface area contributed by atoms with Gasteiger partial charge in [0.05, 0.1) is 6.10 Å². The first kappa shape index (κ1) is 19.2. The van der Waals surface area contributed by atoms with E-state index in [2.05, 4.69) is 19.9 Å². The van der Waals surface area contributed by atoms with E-state index >= 15 is 0 Å². The maximum atomic E-state index is 13.4. The van der Waals surface area contributed by atoms with Crippen LogP contribution in [0.1, 0.15) is 64.4 Å². The predicted molar refractivity (Wildman–Crippen MR) is 112 cm³/mol.